The largest absolute Gasteiger partial charge is 0.253 e. The molecule has 0 spiro atoms. The molecular weight excluding hydrogens is 206 g/mol. The van der Waals surface area contributed by atoms with Gasteiger partial charge in [-0.05, 0) is 30.7 Å². The van der Waals surface area contributed by atoms with Gasteiger partial charge in [0.1, 0.15) is 0 Å². The zero-order valence-electron chi connectivity index (χ0n) is 8.57. The molecule has 0 amide bonds. The van der Waals surface area contributed by atoms with Gasteiger partial charge in [0, 0.05) is 17.0 Å². The lowest BCUT2D eigenvalue weighted by molar-refractivity contribution is 1.26. The highest BCUT2D eigenvalue weighted by atomic mass is 35.5. The normalized spacial score (nSPS) is 11.3. The van der Waals surface area contributed by atoms with Crippen LogP contribution in [0.5, 0.6) is 0 Å². The molecule has 0 aliphatic rings. The number of hydrogen-bond donors (Lipinski definition) is 0. The fourth-order valence-corrected chi connectivity index (χ4v) is 1.62. The molecule has 0 radical (unpaired) electrons. The third kappa shape index (κ3) is 2.37. The monoisotopic (exact) mass is 217 g/mol. The summed E-state index contributed by atoms with van der Waals surface area (Å²) in [6, 6.07) is 10.3. The van der Waals surface area contributed by atoms with Crippen LogP contribution in [-0.2, 0) is 0 Å². The van der Waals surface area contributed by atoms with Crippen molar-refractivity contribution >= 4 is 28.6 Å². The molecule has 1 heterocycles. The highest BCUT2D eigenvalue weighted by Gasteiger charge is 1.95. The van der Waals surface area contributed by atoms with E-state index in [1.54, 1.807) is 0 Å². The lowest BCUT2D eigenvalue weighted by Gasteiger charge is -2.00. The average Bonchev–Trinajstić information content (AvgIpc) is 2.26. The SMILES string of the molecule is Cc1ccc2cc(C=CCCl)ccc2n1. The lowest BCUT2D eigenvalue weighted by Crippen LogP contribution is -1.83. The molecule has 0 saturated heterocycles. The van der Waals surface area contributed by atoms with Gasteiger partial charge in [0.05, 0.1) is 5.52 Å². The van der Waals surface area contributed by atoms with Gasteiger partial charge in [-0.15, -0.1) is 11.6 Å². The van der Waals surface area contributed by atoms with Crippen LogP contribution in [0.15, 0.2) is 36.4 Å². The highest BCUT2D eigenvalue weighted by Crippen LogP contribution is 2.15. The van der Waals surface area contributed by atoms with E-state index in [4.69, 9.17) is 11.6 Å². The number of fused-ring (bicyclic) bond motifs is 1. The Morgan fingerprint density at radius 3 is 2.93 bits per heavy atom. The van der Waals surface area contributed by atoms with Crippen molar-refractivity contribution in [1.29, 1.82) is 0 Å². The minimum atomic E-state index is 0.546. The molecule has 1 aromatic carbocycles. The molecule has 2 rings (SSSR count). The summed E-state index contributed by atoms with van der Waals surface area (Å²) in [7, 11) is 0. The number of pyridine rings is 1. The first-order valence-corrected chi connectivity index (χ1v) is 5.43. The Kier molecular flexibility index (Phi) is 3.02. The molecule has 15 heavy (non-hydrogen) atoms. The number of benzene rings is 1. The Balaban J connectivity index is 2.47. The van der Waals surface area contributed by atoms with Gasteiger partial charge in [-0.1, -0.05) is 24.3 Å². The summed E-state index contributed by atoms with van der Waals surface area (Å²) < 4.78 is 0. The van der Waals surface area contributed by atoms with Crippen molar-refractivity contribution in [2.24, 2.45) is 0 Å². The number of aryl methyl sites for hydroxylation is 1. The topological polar surface area (TPSA) is 12.9 Å². The predicted octanol–water partition coefficient (Wildman–Crippen LogP) is 3.80. The van der Waals surface area contributed by atoms with Crippen LogP contribution in [0, 0.1) is 6.92 Å². The van der Waals surface area contributed by atoms with Crippen LogP contribution in [0.2, 0.25) is 0 Å². The Morgan fingerprint density at radius 2 is 2.13 bits per heavy atom. The van der Waals surface area contributed by atoms with Crippen LogP contribution in [0.25, 0.3) is 17.0 Å². The molecule has 1 aromatic heterocycles. The molecule has 0 saturated carbocycles. The van der Waals surface area contributed by atoms with E-state index in [0.717, 1.165) is 22.2 Å². The fourth-order valence-electron chi connectivity index (χ4n) is 1.53. The van der Waals surface area contributed by atoms with Gasteiger partial charge in [-0.3, -0.25) is 4.98 Å². The summed E-state index contributed by atoms with van der Waals surface area (Å²) in [6.45, 7) is 2.00. The highest BCUT2D eigenvalue weighted by molar-refractivity contribution is 6.19. The quantitative estimate of drug-likeness (QED) is 0.698. The summed E-state index contributed by atoms with van der Waals surface area (Å²) in [6.07, 6.45) is 3.95. The predicted molar refractivity (Wildman–Crippen MR) is 66.2 cm³/mol. The standard InChI is InChI=1S/C13H12ClN/c1-10-4-6-12-9-11(3-2-8-14)5-7-13(12)15-10/h2-7,9H,8H2,1H3. The van der Waals surface area contributed by atoms with Crippen molar-refractivity contribution in [3.63, 3.8) is 0 Å². The Morgan fingerprint density at radius 1 is 1.27 bits per heavy atom. The maximum Gasteiger partial charge on any atom is 0.0705 e. The zero-order valence-corrected chi connectivity index (χ0v) is 9.33. The van der Waals surface area contributed by atoms with Crippen molar-refractivity contribution in [1.82, 2.24) is 4.98 Å². The van der Waals surface area contributed by atoms with Crippen LogP contribution < -0.4 is 0 Å². The maximum atomic E-state index is 5.59. The van der Waals surface area contributed by atoms with E-state index in [1.807, 2.05) is 31.2 Å². The number of allylic oxidation sites excluding steroid dienone is 1. The minimum absolute atomic E-state index is 0.546. The van der Waals surface area contributed by atoms with Crippen molar-refractivity contribution in [2.75, 3.05) is 5.88 Å². The molecule has 0 aliphatic carbocycles. The van der Waals surface area contributed by atoms with Gasteiger partial charge in [0.2, 0.25) is 0 Å². The zero-order chi connectivity index (χ0) is 10.7. The summed E-state index contributed by atoms with van der Waals surface area (Å²) >= 11 is 5.59. The van der Waals surface area contributed by atoms with Crippen LogP contribution >= 0.6 is 11.6 Å². The molecule has 0 N–H and O–H groups in total. The van der Waals surface area contributed by atoms with Crippen LogP contribution in [0.1, 0.15) is 11.3 Å². The first-order chi connectivity index (χ1) is 7.29. The average molecular weight is 218 g/mol. The van der Waals surface area contributed by atoms with Gasteiger partial charge in [0.15, 0.2) is 0 Å². The number of hydrogen-bond acceptors (Lipinski definition) is 1. The van der Waals surface area contributed by atoms with E-state index in [-0.39, 0.29) is 0 Å². The molecule has 0 aliphatic heterocycles. The summed E-state index contributed by atoms with van der Waals surface area (Å²) in [5.41, 5.74) is 3.25. The maximum absolute atomic E-state index is 5.59. The lowest BCUT2D eigenvalue weighted by atomic mass is 10.1. The van der Waals surface area contributed by atoms with Crippen LogP contribution in [0.4, 0.5) is 0 Å². The van der Waals surface area contributed by atoms with E-state index < -0.39 is 0 Å². The van der Waals surface area contributed by atoms with Crippen molar-refractivity contribution in [3.8, 4) is 0 Å². The van der Waals surface area contributed by atoms with E-state index in [9.17, 15) is 0 Å². The van der Waals surface area contributed by atoms with Crippen molar-refractivity contribution in [2.45, 2.75) is 6.92 Å². The van der Waals surface area contributed by atoms with Gasteiger partial charge in [0.25, 0.3) is 0 Å². The number of nitrogens with zero attached hydrogens (tertiary/aromatic N) is 1. The molecule has 0 atom stereocenters. The third-order valence-electron chi connectivity index (χ3n) is 2.25. The smallest absolute Gasteiger partial charge is 0.0705 e. The second-order valence-electron chi connectivity index (χ2n) is 3.46. The summed E-state index contributed by atoms with van der Waals surface area (Å²) in [5, 5.41) is 1.16. The van der Waals surface area contributed by atoms with Crippen LogP contribution in [0.3, 0.4) is 0 Å². The molecule has 76 valence electrons. The van der Waals surface area contributed by atoms with E-state index in [2.05, 4.69) is 23.2 Å². The number of alkyl halides is 1. The van der Waals surface area contributed by atoms with Gasteiger partial charge < -0.3 is 0 Å². The number of halogens is 1. The van der Waals surface area contributed by atoms with Gasteiger partial charge in [-0.2, -0.15) is 0 Å². The Labute approximate surface area is 94.4 Å². The molecular formula is C13H12ClN. The first kappa shape index (κ1) is 10.2. The summed E-state index contributed by atoms with van der Waals surface area (Å²) in [5.74, 6) is 0.546. The number of aromatic nitrogens is 1. The molecule has 2 aromatic rings. The molecule has 0 bridgehead atoms. The molecule has 2 heteroatoms. The number of rotatable bonds is 2. The first-order valence-electron chi connectivity index (χ1n) is 4.89. The Bertz CT molecular complexity index is 503. The third-order valence-corrected chi connectivity index (χ3v) is 2.43. The molecule has 0 unspecified atom stereocenters. The van der Waals surface area contributed by atoms with Gasteiger partial charge in [-0.25, -0.2) is 0 Å². The van der Waals surface area contributed by atoms with Gasteiger partial charge >= 0.3 is 0 Å². The fraction of sp³-hybridized carbons (Fsp3) is 0.154. The summed E-state index contributed by atoms with van der Waals surface area (Å²) in [4.78, 5) is 4.45. The molecule has 1 nitrogen and oxygen atoms in total. The Hall–Kier alpha value is -1.34. The minimum Gasteiger partial charge on any atom is -0.253 e. The van der Waals surface area contributed by atoms with E-state index in [1.165, 1.54) is 0 Å². The van der Waals surface area contributed by atoms with E-state index >= 15 is 0 Å². The second kappa shape index (κ2) is 4.45. The van der Waals surface area contributed by atoms with E-state index in [0.29, 0.717) is 5.88 Å². The molecule has 0 fully saturated rings. The van der Waals surface area contributed by atoms with Crippen molar-refractivity contribution in [3.05, 3.63) is 47.7 Å². The van der Waals surface area contributed by atoms with Crippen molar-refractivity contribution < 1.29 is 0 Å². The second-order valence-corrected chi connectivity index (χ2v) is 3.77. The van der Waals surface area contributed by atoms with Crippen LogP contribution in [-0.4, -0.2) is 10.9 Å².